The number of alkyl carbamates (subject to hydrolysis) is 1. The van der Waals surface area contributed by atoms with Crippen molar-refractivity contribution in [2.45, 2.75) is 12.0 Å². The van der Waals surface area contributed by atoms with Crippen LogP contribution in [0.1, 0.15) is 27.4 Å². The molecule has 0 bridgehead atoms. The first-order valence-corrected chi connectivity index (χ1v) is 10.9. The van der Waals surface area contributed by atoms with Crippen molar-refractivity contribution in [2.24, 2.45) is 0 Å². The number of anilines is 1. The molecule has 4 N–H and O–H groups in total. The van der Waals surface area contributed by atoms with Gasteiger partial charge in [-0.05, 0) is 40.5 Å². The van der Waals surface area contributed by atoms with Crippen LogP contribution < -0.4 is 10.6 Å². The molecule has 3 aromatic carbocycles. The number of fused-ring (bicyclic) bond motifs is 3. The summed E-state index contributed by atoms with van der Waals surface area (Å²) in [6, 6.07) is 18.2. The molecule has 3 aromatic rings. The lowest BCUT2D eigenvalue weighted by Gasteiger charge is -2.19. The largest absolute Gasteiger partial charge is 0.508 e. The van der Waals surface area contributed by atoms with Gasteiger partial charge in [0.1, 0.15) is 18.4 Å². The number of hydrogen-bond acceptors (Lipinski definition) is 6. The molecule has 0 saturated heterocycles. The van der Waals surface area contributed by atoms with Gasteiger partial charge < -0.3 is 30.3 Å². The second-order valence-electron chi connectivity index (χ2n) is 8.00. The van der Waals surface area contributed by atoms with E-state index in [-0.39, 0.29) is 36.1 Å². The SMILES string of the molecule is COCC(NC(=O)OCC1c2ccccc2-c2ccccc21)C(=O)Nc1ccc(O)cc1C(=O)O. The van der Waals surface area contributed by atoms with Crippen LogP contribution in [-0.4, -0.2) is 54.5 Å². The average molecular weight is 476 g/mol. The van der Waals surface area contributed by atoms with Crippen LogP contribution in [0.2, 0.25) is 0 Å². The van der Waals surface area contributed by atoms with Crippen LogP contribution >= 0.6 is 0 Å². The number of ether oxygens (including phenoxy) is 2. The molecule has 1 atom stereocenters. The van der Waals surface area contributed by atoms with E-state index in [0.29, 0.717) is 0 Å². The number of amides is 2. The predicted molar refractivity (Wildman–Crippen MR) is 128 cm³/mol. The standard InChI is InChI=1S/C26H24N2O7/c1-34-14-23(24(30)27-22-11-10-15(29)12-20(22)25(31)32)28-26(33)35-13-21-18-8-4-2-6-16(18)17-7-3-5-9-19(17)21/h2-12,21,23,29H,13-14H2,1H3,(H,27,30)(H,28,33)(H,31,32). The topological polar surface area (TPSA) is 134 Å². The summed E-state index contributed by atoms with van der Waals surface area (Å²) in [5, 5.41) is 23.8. The van der Waals surface area contributed by atoms with Crippen molar-refractivity contribution in [1.82, 2.24) is 5.32 Å². The molecule has 0 heterocycles. The highest BCUT2D eigenvalue weighted by molar-refractivity contribution is 6.03. The molecule has 0 radical (unpaired) electrons. The van der Waals surface area contributed by atoms with Crippen molar-refractivity contribution in [1.29, 1.82) is 0 Å². The van der Waals surface area contributed by atoms with Crippen molar-refractivity contribution in [3.63, 3.8) is 0 Å². The molecular formula is C26H24N2O7. The van der Waals surface area contributed by atoms with E-state index in [1.807, 2.05) is 48.5 Å². The molecule has 0 saturated carbocycles. The number of rotatable bonds is 8. The molecule has 1 unspecified atom stereocenters. The van der Waals surface area contributed by atoms with Crippen molar-refractivity contribution >= 4 is 23.7 Å². The second-order valence-corrected chi connectivity index (χ2v) is 8.00. The molecule has 0 aliphatic heterocycles. The summed E-state index contributed by atoms with van der Waals surface area (Å²) >= 11 is 0. The predicted octanol–water partition coefficient (Wildman–Crippen LogP) is 3.58. The van der Waals surface area contributed by atoms with Crippen LogP contribution in [0.5, 0.6) is 5.75 Å². The summed E-state index contributed by atoms with van der Waals surface area (Å²) in [5.74, 6) is -2.43. The van der Waals surface area contributed by atoms with Crippen LogP contribution in [0, 0.1) is 0 Å². The van der Waals surface area contributed by atoms with Crippen LogP contribution in [0.3, 0.4) is 0 Å². The number of hydrogen-bond donors (Lipinski definition) is 4. The Morgan fingerprint density at radius 3 is 2.20 bits per heavy atom. The number of carbonyl (C=O) groups excluding carboxylic acids is 2. The van der Waals surface area contributed by atoms with Crippen molar-refractivity contribution < 1.29 is 34.1 Å². The average Bonchev–Trinajstić information content (AvgIpc) is 3.17. The van der Waals surface area contributed by atoms with E-state index in [9.17, 15) is 24.6 Å². The van der Waals surface area contributed by atoms with Gasteiger partial charge in [0, 0.05) is 13.0 Å². The highest BCUT2D eigenvalue weighted by Gasteiger charge is 2.30. The number of carbonyl (C=O) groups is 3. The number of phenolic OH excluding ortho intramolecular Hbond substituents is 1. The summed E-state index contributed by atoms with van der Waals surface area (Å²) in [6.07, 6.45) is -0.812. The smallest absolute Gasteiger partial charge is 0.407 e. The van der Waals surface area contributed by atoms with Crippen molar-refractivity contribution in [3.8, 4) is 16.9 Å². The van der Waals surface area contributed by atoms with E-state index in [1.54, 1.807) is 0 Å². The summed E-state index contributed by atoms with van der Waals surface area (Å²) in [5.41, 5.74) is 3.97. The highest BCUT2D eigenvalue weighted by atomic mass is 16.5. The Bertz CT molecular complexity index is 1230. The van der Waals surface area contributed by atoms with Crippen LogP contribution in [0.15, 0.2) is 66.7 Å². The van der Waals surface area contributed by atoms with Gasteiger partial charge in [-0.2, -0.15) is 0 Å². The Hall–Kier alpha value is -4.37. The number of aromatic carboxylic acids is 1. The van der Waals surface area contributed by atoms with E-state index >= 15 is 0 Å². The Balaban J connectivity index is 1.43. The Morgan fingerprint density at radius 1 is 0.971 bits per heavy atom. The molecule has 9 heteroatoms. The van der Waals surface area contributed by atoms with Gasteiger partial charge in [0.2, 0.25) is 5.91 Å². The summed E-state index contributed by atoms with van der Waals surface area (Å²) < 4.78 is 10.5. The molecule has 0 aromatic heterocycles. The van der Waals surface area contributed by atoms with Gasteiger partial charge in [0.25, 0.3) is 0 Å². The Morgan fingerprint density at radius 2 is 1.60 bits per heavy atom. The van der Waals surface area contributed by atoms with Crippen LogP contribution in [-0.2, 0) is 14.3 Å². The quantitative estimate of drug-likeness (QED) is 0.365. The first-order valence-electron chi connectivity index (χ1n) is 10.9. The third-order valence-corrected chi connectivity index (χ3v) is 5.78. The fraction of sp³-hybridized carbons (Fsp3) is 0.192. The number of phenols is 1. The Labute approximate surface area is 201 Å². The van der Waals surface area contributed by atoms with Gasteiger partial charge in [-0.1, -0.05) is 48.5 Å². The third-order valence-electron chi connectivity index (χ3n) is 5.78. The molecule has 2 amide bonds. The second kappa shape index (κ2) is 10.3. The maximum atomic E-state index is 12.8. The molecule has 0 spiro atoms. The van der Waals surface area contributed by atoms with E-state index in [1.165, 1.54) is 19.2 Å². The van der Waals surface area contributed by atoms with E-state index in [0.717, 1.165) is 28.3 Å². The summed E-state index contributed by atoms with van der Waals surface area (Å²) in [4.78, 5) is 36.8. The molecule has 1 aliphatic rings. The molecule has 1 aliphatic carbocycles. The number of nitrogens with one attached hydrogen (secondary N) is 2. The first-order chi connectivity index (χ1) is 16.9. The number of aromatic hydroxyl groups is 1. The lowest BCUT2D eigenvalue weighted by atomic mass is 9.98. The van der Waals surface area contributed by atoms with E-state index in [2.05, 4.69) is 10.6 Å². The molecule has 0 fully saturated rings. The minimum atomic E-state index is -1.33. The number of carboxylic acids is 1. The normalized spacial score (nSPS) is 12.8. The zero-order valence-corrected chi connectivity index (χ0v) is 18.9. The summed E-state index contributed by atoms with van der Waals surface area (Å²) in [7, 11) is 1.36. The number of benzene rings is 3. The third kappa shape index (κ3) is 5.10. The van der Waals surface area contributed by atoms with Gasteiger partial charge in [-0.15, -0.1) is 0 Å². The van der Waals surface area contributed by atoms with Crippen molar-refractivity contribution in [2.75, 3.05) is 25.6 Å². The van der Waals surface area contributed by atoms with E-state index < -0.39 is 24.0 Å². The molecule has 4 rings (SSSR count). The van der Waals surface area contributed by atoms with Crippen LogP contribution in [0.25, 0.3) is 11.1 Å². The summed E-state index contributed by atoms with van der Waals surface area (Å²) in [6.45, 7) is -0.0984. The van der Waals surface area contributed by atoms with Gasteiger partial charge in [-0.25, -0.2) is 9.59 Å². The zero-order chi connectivity index (χ0) is 24.9. The van der Waals surface area contributed by atoms with Crippen molar-refractivity contribution in [3.05, 3.63) is 83.4 Å². The zero-order valence-electron chi connectivity index (χ0n) is 18.9. The molecule has 180 valence electrons. The molecular weight excluding hydrogens is 452 g/mol. The monoisotopic (exact) mass is 476 g/mol. The lowest BCUT2D eigenvalue weighted by Crippen LogP contribution is -2.47. The molecule has 9 nitrogen and oxygen atoms in total. The fourth-order valence-corrected chi connectivity index (χ4v) is 4.17. The minimum absolute atomic E-state index is 0.0317. The maximum Gasteiger partial charge on any atom is 0.407 e. The van der Waals surface area contributed by atoms with E-state index in [4.69, 9.17) is 9.47 Å². The lowest BCUT2D eigenvalue weighted by molar-refractivity contribution is -0.119. The van der Waals surface area contributed by atoms with Crippen LogP contribution in [0.4, 0.5) is 10.5 Å². The van der Waals surface area contributed by atoms with Gasteiger partial charge in [-0.3, -0.25) is 4.79 Å². The number of carboxylic acid groups (broad SMARTS) is 1. The number of methoxy groups -OCH3 is 1. The van der Waals surface area contributed by atoms with Gasteiger partial charge >= 0.3 is 12.1 Å². The maximum absolute atomic E-state index is 12.8. The van der Waals surface area contributed by atoms with Gasteiger partial charge in [0.05, 0.1) is 17.9 Å². The molecule has 35 heavy (non-hydrogen) atoms. The fourth-order valence-electron chi connectivity index (χ4n) is 4.17. The Kier molecular flexibility index (Phi) is 6.98. The van der Waals surface area contributed by atoms with Gasteiger partial charge in [0.15, 0.2) is 0 Å². The first kappa shape index (κ1) is 23.8. The minimum Gasteiger partial charge on any atom is -0.508 e. The highest BCUT2D eigenvalue weighted by Crippen LogP contribution is 2.44.